The van der Waals surface area contributed by atoms with Crippen LogP contribution in [0.4, 0.5) is 4.79 Å². The summed E-state index contributed by atoms with van der Waals surface area (Å²) in [7, 11) is 7.01. The van der Waals surface area contributed by atoms with Crippen molar-refractivity contribution < 1.29 is 14.3 Å². The van der Waals surface area contributed by atoms with Crippen molar-refractivity contribution in [2.24, 2.45) is 16.0 Å². The molecule has 0 aliphatic carbocycles. The van der Waals surface area contributed by atoms with Gasteiger partial charge in [0.1, 0.15) is 13.9 Å². The number of hydrogen-bond acceptors (Lipinski definition) is 6. The van der Waals surface area contributed by atoms with Crippen molar-refractivity contribution in [1.29, 1.82) is 0 Å². The molecule has 8 nitrogen and oxygen atoms in total. The minimum Gasteiger partial charge on any atom is -0.453 e. The molecule has 0 saturated carbocycles. The maximum absolute atomic E-state index is 13.0. The topological polar surface area (TPSA) is 95.4 Å². The molecule has 2 N–H and O–H groups in total. The zero-order valence-corrected chi connectivity index (χ0v) is 17.0. The summed E-state index contributed by atoms with van der Waals surface area (Å²) >= 11 is 0. The van der Waals surface area contributed by atoms with E-state index in [1.165, 1.54) is 12.1 Å². The molecule has 0 saturated heterocycles. The number of ether oxygens (including phenoxy) is 1. The number of amides is 2. The molecule has 0 bridgehead atoms. The minimum atomic E-state index is -0.734. The Morgan fingerprint density at radius 3 is 2.69 bits per heavy atom. The molecule has 1 aliphatic rings. The third-order valence-electron chi connectivity index (χ3n) is 4.52. The Morgan fingerprint density at radius 2 is 2.10 bits per heavy atom. The monoisotopic (exact) mass is 395 g/mol. The predicted molar refractivity (Wildman–Crippen MR) is 115 cm³/mol. The molecule has 0 aromatic heterocycles. The Labute approximate surface area is 172 Å². The Bertz CT molecular complexity index is 792. The van der Waals surface area contributed by atoms with Gasteiger partial charge < -0.3 is 15.4 Å². The summed E-state index contributed by atoms with van der Waals surface area (Å²) in [5.74, 6) is -0.410. The molecule has 1 aliphatic heterocycles. The number of aliphatic imine (C=N–C) groups is 1. The molecule has 0 unspecified atom stereocenters. The van der Waals surface area contributed by atoms with Gasteiger partial charge in [-0.3, -0.25) is 9.79 Å². The summed E-state index contributed by atoms with van der Waals surface area (Å²) in [5, 5.41) is 11.5. The maximum Gasteiger partial charge on any atom is 0.407 e. The van der Waals surface area contributed by atoms with Crippen molar-refractivity contribution in [2.45, 2.75) is 32.4 Å². The molecule has 1 aromatic carbocycles. The fourth-order valence-electron chi connectivity index (χ4n) is 2.90. The number of hydrazone groups is 1. The molecule has 0 fully saturated rings. The molecule has 9 heteroatoms. The lowest BCUT2D eigenvalue weighted by Crippen LogP contribution is -2.52. The lowest BCUT2D eigenvalue weighted by atomic mass is 9.95. The van der Waals surface area contributed by atoms with Crippen molar-refractivity contribution in [3.8, 4) is 0 Å². The van der Waals surface area contributed by atoms with Crippen LogP contribution >= 0.6 is 0 Å². The van der Waals surface area contributed by atoms with Crippen LogP contribution in [0.15, 0.2) is 40.6 Å². The molecular weight excluding hydrogens is 369 g/mol. The van der Waals surface area contributed by atoms with E-state index in [1.54, 1.807) is 24.5 Å². The fraction of sp³-hybridized carbons (Fsp3) is 0.400. The van der Waals surface area contributed by atoms with Crippen LogP contribution in [-0.2, 0) is 9.53 Å². The van der Waals surface area contributed by atoms with E-state index in [9.17, 15) is 9.59 Å². The van der Waals surface area contributed by atoms with Gasteiger partial charge in [-0.25, -0.2) is 9.80 Å². The van der Waals surface area contributed by atoms with Crippen LogP contribution in [-0.4, -0.2) is 63.5 Å². The number of nitrogens with one attached hydrogen (secondary N) is 2. The van der Waals surface area contributed by atoms with E-state index < -0.39 is 12.1 Å². The highest BCUT2D eigenvalue weighted by Gasteiger charge is 2.34. The van der Waals surface area contributed by atoms with Gasteiger partial charge in [0.2, 0.25) is 0 Å². The second-order valence-corrected chi connectivity index (χ2v) is 6.96. The third-order valence-corrected chi connectivity index (χ3v) is 4.52. The van der Waals surface area contributed by atoms with Gasteiger partial charge in [0.05, 0.1) is 18.8 Å². The van der Waals surface area contributed by atoms with Crippen LogP contribution in [0.2, 0.25) is 0 Å². The van der Waals surface area contributed by atoms with Crippen LogP contribution < -0.4 is 16.1 Å². The van der Waals surface area contributed by atoms with Crippen molar-refractivity contribution in [3.63, 3.8) is 0 Å². The van der Waals surface area contributed by atoms with Gasteiger partial charge in [-0.2, -0.15) is 5.10 Å². The largest absolute Gasteiger partial charge is 0.453 e. The molecule has 2 amide bonds. The normalized spacial score (nSPS) is 17.2. The van der Waals surface area contributed by atoms with E-state index in [2.05, 4.69) is 32.2 Å². The smallest absolute Gasteiger partial charge is 0.407 e. The van der Waals surface area contributed by atoms with Gasteiger partial charge in [0.15, 0.2) is 0 Å². The Hall–Kier alpha value is -3.10. The van der Waals surface area contributed by atoms with E-state index in [4.69, 9.17) is 7.85 Å². The number of carbonyl (C=O) groups is 2. The van der Waals surface area contributed by atoms with E-state index in [-0.39, 0.29) is 17.9 Å². The first kappa shape index (κ1) is 22.2. The van der Waals surface area contributed by atoms with Crippen LogP contribution in [0.5, 0.6) is 0 Å². The Balaban J connectivity index is 2.08. The summed E-state index contributed by atoms with van der Waals surface area (Å²) in [6.07, 6.45) is 3.25. The molecule has 1 heterocycles. The van der Waals surface area contributed by atoms with Crippen molar-refractivity contribution in [3.05, 3.63) is 36.0 Å². The highest BCUT2D eigenvalue weighted by molar-refractivity contribution is 6.32. The summed E-state index contributed by atoms with van der Waals surface area (Å²) < 4.78 is 4.63. The van der Waals surface area contributed by atoms with E-state index in [1.807, 2.05) is 26.0 Å². The van der Waals surface area contributed by atoms with Crippen molar-refractivity contribution in [1.82, 2.24) is 15.6 Å². The van der Waals surface area contributed by atoms with E-state index >= 15 is 0 Å². The molecule has 2 rings (SSSR count). The quantitative estimate of drug-likeness (QED) is 0.508. The second kappa shape index (κ2) is 10.4. The van der Waals surface area contributed by atoms with Gasteiger partial charge in [-0.05, 0) is 18.2 Å². The molecular formula is C20H26BN5O3. The standard InChI is InChI=1S/C20H26BN5O3/c1-13(2)18(25-20(28)29-4)19(27)26-16(9-10-24-26)11-23-17(12-22-3)14-5-7-15(21)8-6-14/h5-8,10,12-13,16,18,23H,3,9,11H2,1-2,4H3,(H,25,28)/b17-12-/t16-,18+/m1/s1. The SMILES string of the molecule is [B]c1ccc(/C(=C/N=C)NC[C@H]2CC=NN2C(=O)[C@@H](NC(=O)OC)C(C)C)cc1. The number of rotatable bonds is 8. The van der Waals surface area contributed by atoms with Crippen molar-refractivity contribution in [2.75, 3.05) is 13.7 Å². The number of hydrogen-bond donors (Lipinski definition) is 2. The molecule has 2 atom stereocenters. The average Bonchev–Trinajstić information content (AvgIpc) is 3.17. The van der Waals surface area contributed by atoms with Crippen LogP contribution in [0.25, 0.3) is 5.70 Å². The average molecular weight is 395 g/mol. The number of benzene rings is 1. The molecule has 0 spiro atoms. The van der Waals surface area contributed by atoms with Crippen LogP contribution in [0.3, 0.4) is 0 Å². The summed E-state index contributed by atoms with van der Waals surface area (Å²) in [6, 6.07) is 6.42. The molecule has 152 valence electrons. The first-order valence-corrected chi connectivity index (χ1v) is 9.33. The second-order valence-electron chi connectivity index (χ2n) is 6.96. The fourth-order valence-corrected chi connectivity index (χ4v) is 2.90. The van der Waals surface area contributed by atoms with Crippen LogP contribution in [0, 0.1) is 5.92 Å². The van der Waals surface area contributed by atoms with Crippen LogP contribution in [0.1, 0.15) is 25.8 Å². The Kier molecular flexibility index (Phi) is 8.00. The summed E-state index contributed by atoms with van der Waals surface area (Å²) in [6.45, 7) is 7.66. The lowest BCUT2D eigenvalue weighted by molar-refractivity contribution is -0.136. The third kappa shape index (κ3) is 5.94. The van der Waals surface area contributed by atoms with Crippen molar-refractivity contribution >= 4 is 43.9 Å². The van der Waals surface area contributed by atoms with Gasteiger partial charge in [-0.15, -0.1) is 0 Å². The molecule has 1 aromatic rings. The lowest BCUT2D eigenvalue weighted by Gasteiger charge is -2.29. The maximum atomic E-state index is 13.0. The van der Waals surface area contributed by atoms with Gasteiger partial charge in [-0.1, -0.05) is 43.6 Å². The molecule has 2 radical (unpaired) electrons. The van der Waals surface area contributed by atoms with E-state index in [0.29, 0.717) is 18.4 Å². The minimum absolute atomic E-state index is 0.124. The first-order valence-electron chi connectivity index (χ1n) is 9.33. The van der Waals surface area contributed by atoms with Gasteiger partial charge in [0.25, 0.3) is 5.91 Å². The summed E-state index contributed by atoms with van der Waals surface area (Å²) in [4.78, 5) is 28.4. The summed E-state index contributed by atoms with van der Waals surface area (Å²) in [5.41, 5.74) is 2.32. The van der Waals surface area contributed by atoms with Gasteiger partial charge >= 0.3 is 6.09 Å². The zero-order chi connectivity index (χ0) is 21.4. The number of nitrogens with zero attached hydrogens (tertiary/aromatic N) is 3. The number of methoxy groups -OCH3 is 1. The van der Waals surface area contributed by atoms with Gasteiger partial charge in [0, 0.05) is 25.4 Å². The number of carbonyl (C=O) groups excluding carboxylic acids is 2. The zero-order valence-electron chi connectivity index (χ0n) is 17.0. The molecule has 29 heavy (non-hydrogen) atoms. The first-order chi connectivity index (χ1) is 13.9. The van der Waals surface area contributed by atoms with E-state index in [0.717, 1.165) is 11.3 Å². The highest BCUT2D eigenvalue weighted by atomic mass is 16.5. The Morgan fingerprint density at radius 1 is 1.41 bits per heavy atom. The predicted octanol–water partition coefficient (Wildman–Crippen LogP) is 1.04. The number of alkyl carbamates (subject to hydrolysis) is 1. The highest BCUT2D eigenvalue weighted by Crippen LogP contribution is 2.17.